The molecule has 0 spiro atoms. The average Bonchev–Trinajstić information content (AvgIpc) is 3.60. The van der Waals surface area contributed by atoms with Gasteiger partial charge in [-0.05, 0) is 93.1 Å². The molecule has 35 heavy (non-hydrogen) atoms. The van der Waals surface area contributed by atoms with Crippen LogP contribution in [0.25, 0.3) is 12.2 Å². The molecule has 0 saturated carbocycles. The number of aromatic amines is 1. The predicted molar refractivity (Wildman–Crippen MR) is 135 cm³/mol. The van der Waals surface area contributed by atoms with Gasteiger partial charge in [-0.2, -0.15) is 0 Å². The number of ketones is 1. The van der Waals surface area contributed by atoms with Crippen molar-refractivity contribution in [2.24, 2.45) is 15.4 Å². The second-order valence-electron chi connectivity index (χ2n) is 9.94. The molecule has 1 saturated heterocycles. The Hall–Kier alpha value is -4.13. The molecule has 0 amide bonds. The van der Waals surface area contributed by atoms with E-state index in [2.05, 4.69) is 20.3 Å². The minimum atomic E-state index is -1.41. The van der Waals surface area contributed by atoms with Gasteiger partial charge in [0, 0.05) is 23.1 Å². The number of rotatable bonds is 1. The van der Waals surface area contributed by atoms with E-state index in [4.69, 9.17) is 4.99 Å². The highest BCUT2D eigenvalue weighted by molar-refractivity contribution is 6.20. The van der Waals surface area contributed by atoms with Gasteiger partial charge in [0.25, 0.3) is 0 Å². The Morgan fingerprint density at radius 1 is 0.914 bits per heavy atom. The molecule has 174 valence electrons. The summed E-state index contributed by atoms with van der Waals surface area (Å²) in [6.45, 7) is 5.26. The smallest absolute Gasteiger partial charge is 0.173 e. The Bertz CT molecular complexity index is 1580. The van der Waals surface area contributed by atoms with Crippen LogP contribution in [0, 0.1) is 5.41 Å². The van der Waals surface area contributed by atoms with Gasteiger partial charge in [0.2, 0.25) is 0 Å². The Labute approximate surface area is 201 Å². The van der Waals surface area contributed by atoms with Crippen LogP contribution in [-0.2, 0) is 10.3 Å². The minimum Gasteiger partial charge on any atom is -0.370 e. The first-order valence-corrected chi connectivity index (χ1v) is 11.5. The summed E-state index contributed by atoms with van der Waals surface area (Å²) in [7, 11) is 0. The third-order valence-corrected chi connectivity index (χ3v) is 6.98. The SMILES string of the molecule is CC12C=C3C=CC(=N3)C=c3ccc([nH]3)=CC3=NC(c4ccncc4)(C=C3)C(F)=C(N1)C(C)(C)C2=O. The maximum absolute atomic E-state index is 16.8. The highest BCUT2D eigenvalue weighted by Gasteiger charge is 2.55. The summed E-state index contributed by atoms with van der Waals surface area (Å²) >= 11 is 0. The first-order chi connectivity index (χ1) is 16.7. The number of pyridine rings is 1. The van der Waals surface area contributed by atoms with Crippen LogP contribution < -0.4 is 16.0 Å². The Morgan fingerprint density at radius 3 is 2.37 bits per heavy atom. The molecular formula is C28H24FN5O. The number of halogens is 1. The van der Waals surface area contributed by atoms with Gasteiger partial charge < -0.3 is 10.3 Å². The molecule has 2 atom stereocenters. The first kappa shape index (κ1) is 21.4. The summed E-state index contributed by atoms with van der Waals surface area (Å²) in [5, 5.41) is 4.95. The van der Waals surface area contributed by atoms with Crippen LogP contribution in [0.2, 0.25) is 0 Å². The molecule has 6 heterocycles. The van der Waals surface area contributed by atoms with Crippen LogP contribution in [0.3, 0.4) is 0 Å². The summed E-state index contributed by atoms with van der Waals surface area (Å²) in [6, 6.07) is 7.41. The van der Waals surface area contributed by atoms with Gasteiger partial charge >= 0.3 is 0 Å². The quantitative estimate of drug-likeness (QED) is 0.680. The van der Waals surface area contributed by atoms with Crippen molar-refractivity contribution in [1.82, 2.24) is 15.3 Å². The van der Waals surface area contributed by atoms with Gasteiger partial charge in [0.1, 0.15) is 5.54 Å². The third-order valence-electron chi connectivity index (χ3n) is 6.98. The van der Waals surface area contributed by atoms with Crippen molar-refractivity contribution in [2.45, 2.75) is 31.8 Å². The van der Waals surface area contributed by atoms with Gasteiger partial charge in [-0.25, -0.2) is 9.38 Å². The summed E-state index contributed by atoms with van der Waals surface area (Å²) in [5.74, 6) is -0.646. The highest BCUT2D eigenvalue weighted by Crippen LogP contribution is 2.48. The minimum absolute atomic E-state index is 0.135. The molecule has 8 bridgehead atoms. The number of hydrogen-bond acceptors (Lipinski definition) is 5. The molecule has 2 aromatic rings. The number of allylic oxidation sites excluding steroid dienone is 4. The highest BCUT2D eigenvalue weighted by atomic mass is 19.1. The van der Waals surface area contributed by atoms with Crippen LogP contribution in [0.4, 0.5) is 4.39 Å². The molecule has 2 aromatic heterocycles. The molecule has 6 rings (SSSR count). The number of aromatic nitrogens is 2. The second kappa shape index (κ2) is 7.18. The lowest BCUT2D eigenvalue weighted by molar-refractivity contribution is -0.126. The lowest BCUT2D eigenvalue weighted by Crippen LogP contribution is -2.41. The van der Waals surface area contributed by atoms with Crippen LogP contribution >= 0.6 is 0 Å². The molecular weight excluding hydrogens is 441 g/mol. The third kappa shape index (κ3) is 3.22. The number of hydrogen-bond donors (Lipinski definition) is 2. The summed E-state index contributed by atoms with van der Waals surface area (Å²) < 4.78 is 16.8. The van der Waals surface area contributed by atoms with E-state index in [1.807, 2.05) is 42.5 Å². The van der Waals surface area contributed by atoms with Gasteiger partial charge in [0.05, 0.1) is 28.2 Å². The zero-order valence-electron chi connectivity index (χ0n) is 19.6. The van der Waals surface area contributed by atoms with Crippen LogP contribution in [0.15, 0.2) is 94.2 Å². The summed E-state index contributed by atoms with van der Waals surface area (Å²) in [5.41, 5.74) is -0.772. The molecule has 4 aliphatic rings. The van der Waals surface area contributed by atoms with E-state index < -0.39 is 22.3 Å². The van der Waals surface area contributed by atoms with Crippen molar-refractivity contribution in [3.8, 4) is 0 Å². The normalized spacial score (nSPS) is 28.2. The molecule has 2 unspecified atom stereocenters. The zero-order chi connectivity index (χ0) is 24.4. The van der Waals surface area contributed by atoms with E-state index in [0.29, 0.717) is 17.0 Å². The van der Waals surface area contributed by atoms with E-state index in [1.54, 1.807) is 57.4 Å². The molecule has 0 aromatic carbocycles. The topological polar surface area (TPSA) is 82.5 Å². The van der Waals surface area contributed by atoms with Gasteiger partial charge in [-0.1, -0.05) is 0 Å². The molecule has 7 heteroatoms. The van der Waals surface area contributed by atoms with E-state index in [1.165, 1.54) is 0 Å². The molecule has 2 N–H and O–H groups in total. The Balaban J connectivity index is 1.67. The van der Waals surface area contributed by atoms with Gasteiger partial charge in [-0.3, -0.25) is 14.8 Å². The van der Waals surface area contributed by atoms with E-state index in [9.17, 15) is 4.79 Å². The molecule has 6 nitrogen and oxygen atoms in total. The van der Waals surface area contributed by atoms with Crippen molar-refractivity contribution in [3.63, 3.8) is 0 Å². The molecule has 0 radical (unpaired) electrons. The fourth-order valence-corrected chi connectivity index (χ4v) is 5.20. The monoisotopic (exact) mass is 465 g/mol. The summed E-state index contributed by atoms with van der Waals surface area (Å²) in [6.07, 6.45) is 16.1. The van der Waals surface area contributed by atoms with Gasteiger partial charge in [-0.15, -0.1) is 0 Å². The van der Waals surface area contributed by atoms with Crippen LogP contribution in [-0.4, -0.2) is 32.7 Å². The number of nitrogens with one attached hydrogen (secondary N) is 2. The van der Waals surface area contributed by atoms with E-state index in [-0.39, 0.29) is 11.5 Å². The number of H-pyrrole nitrogens is 1. The maximum Gasteiger partial charge on any atom is 0.173 e. The summed E-state index contributed by atoms with van der Waals surface area (Å²) in [4.78, 5) is 30.6. The van der Waals surface area contributed by atoms with Crippen molar-refractivity contribution in [3.05, 3.63) is 101 Å². The lowest BCUT2D eigenvalue weighted by atomic mass is 9.78. The van der Waals surface area contributed by atoms with Crippen molar-refractivity contribution in [1.29, 1.82) is 0 Å². The number of fused-ring (bicyclic) bond motifs is 6. The number of nitrogens with zero attached hydrogens (tertiary/aromatic N) is 3. The second-order valence-corrected chi connectivity index (χ2v) is 9.94. The first-order valence-electron chi connectivity index (χ1n) is 11.5. The number of Topliss-reactive ketones (excluding diaryl/α,β-unsaturated/α-hetero) is 1. The lowest BCUT2D eigenvalue weighted by Gasteiger charge is -2.28. The number of carbonyl (C=O) groups excluding carboxylic acids is 1. The predicted octanol–water partition coefficient (Wildman–Crippen LogP) is 2.92. The molecule has 4 aliphatic heterocycles. The van der Waals surface area contributed by atoms with Crippen LogP contribution in [0.5, 0.6) is 0 Å². The Kier molecular flexibility index (Phi) is 4.39. The van der Waals surface area contributed by atoms with E-state index >= 15 is 4.39 Å². The zero-order valence-corrected chi connectivity index (χ0v) is 19.6. The van der Waals surface area contributed by atoms with Crippen molar-refractivity contribution in [2.75, 3.05) is 0 Å². The fraction of sp³-hybridized carbons (Fsp3) is 0.214. The number of carbonyl (C=O) groups is 1. The van der Waals surface area contributed by atoms with E-state index in [0.717, 1.165) is 16.4 Å². The van der Waals surface area contributed by atoms with Crippen LogP contribution in [0.1, 0.15) is 26.3 Å². The fourth-order valence-electron chi connectivity index (χ4n) is 5.20. The van der Waals surface area contributed by atoms with Crippen molar-refractivity contribution < 1.29 is 9.18 Å². The Morgan fingerprint density at radius 2 is 1.63 bits per heavy atom. The number of aliphatic imine (C=N–C) groups is 2. The van der Waals surface area contributed by atoms with Crippen molar-refractivity contribution >= 4 is 29.4 Å². The van der Waals surface area contributed by atoms with Gasteiger partial charge in [0.15, 0.2) is 17.1 Å². The maximum atomic E-state index is 16.8. The average molecular weight is 466 g/mol. The molecule has 1 fully saturated rings. The standard InChI is InChI=1S/C28H24FN5O/c1-26(2)24-23(29)28(17-9-12-30-13-10-17)11-8-21(33-28)15-20-5-4-18(31-20)14-19-6-7-22(32-19)16-27(3,34-24)25(26)35/h4-16,31,34H,1-3H3. The molecule has 0 aliphatic carbocycles. The largest absolute Gasteiger partial charge is 0.370 e.